The van der Waals surface area contributed by atoms with Gasteiger partial charge >= 0.3 is 0 Å². The molecule has 0 spiro atoms. The maximum absolute atomic E-state index is 9.31. The molecule has 0 saturated heterocycles. The van der Waals surface area contributed by atoms with Crippen LogP contribution in [-0.4, -0.2) is 18.1 Å². The number of nitriles is 1. The molecular weight excluding hydrogens is 222 g/mol. The molecule has 3 heteroatoms. The highest BCUT2D eigenvalue weighted by Gasteiger charge is 2.15. The quantitative estimate of drug-likeness (QED) is 0.797. The number of aromatic nitrogens is 1. The van der Waals surface area contributed by atoms with Gasteiger partial charge in [-0.05, 0) is 32.8 Å². The molecule has 98 valence electrons. The van der Waals surface area contributed by atoms with Gasteiger partial charge in [-0.2, -0.15) is 5.26 Å². The molecule has 1 rings (SSSR count). The largest absolute Gasteiger partial charge is 0.370 e. The van der Waals surface area contributed by atoms with Crippen molar-refractivity contribution in [3.8, 4) is 6.07 Å². The Morgan fingerprint density at radius 1 is 1.39 bits per heavy atom. The molecule has 3 nitrogen and oxygen atoms in total. The predicted molar refractivity (Wildman–Crippen MR) is 75.8 cm³/mol. The monoisotopic (exact) mass is 245 g/mol. The summed E-state index contributed by atoms with van der Waals surface area (Å²) in [6.45, 7) is 12.4. The van der Waals surface area contributed by atoms with Crippen LogP contribution in [0.3, 0.4) is 0 Å². The fourth-order valence-electron chi connectivity index (χ4n) is 2.10. The maximum atomic E-state index is 9.31. The van der Waals surface area contributed by atoms with E-state index in [-0.39, 0.29) is 0 Å². The van der Waals surface area contributed by atoms with Gasteiger partial charge < -0.3 is 4.90 Å². The van der Waals surface area contributed by atoms with E-state index in [0.29, 0.717) is 11.5 Å². The second-order valence-corrected chi connectivity index (χ2v) is 4.91. The van der Waals surface area contributed by atoms with Crippen molar-refractivity contribution in [3.63, 3.8) is 0 Å². The first-order valence-corrected chi connectivity index (χ1v) is 6.66. The molecule has 0 aliphatic heterocycles. The van der Waals surface area contributed by atoms with E-state index in [9.17, 15) is 5.26 Å². The Hall–Kier alpha value is -1.56. The molecule has 0 aromatic carbocycles. The van der Waals surface area contributed by atoms with Crippen molar-refractivity contribution in [2.45, 2.75) is 41.0 Å². The van der Waals surface area contributed by atoms with Crippen molar-refractivity contribution in [2.24, 2.45) is 5.92 Å². The Labute approximate surface area is 110 Å². The zero-order valence-electron chi connectivity index (χ0n) is 12.1. The lowest BCUT2D eigenvalue weighted by Gasteiger charge is -2.27. The minimum Gasteiger partial charge on any atom is -0.370 e. The number of nitrogens with zero attached hydrogens (tertiary/aromatic N) is 3. The molecule has 1 aromatic rings. The molecule has 1 heterocycles. The number of pyridine rings is 1. The van der Waals surface area contributed by atoms with Crippen LogP contribution in [0.1, 0.15) is 44.1 Å². The molecule has 0 bridgehead atoms. The summed E-state index contributed by atoms with van der Waals surface area (Å²) < 4.78 is 0. The molecule has 0 aliphatic rings. The van der Waals surface area contributed by atoms with Crippen LogP contribution in [0.15, 0.2) is 6.07 Å². The van der Waals surface area contributed by atoms with Crippen molar-refractivity contribution in [2.75, 3.05) is 18.0 Å². The van der Waals surface area contributed by atoms with Crippen LogP contribution in [0.2, 0.25) is 0 Å². The smallest absolute Gasteiger partial charge is 0.103 e. The summed E-state index contributed by atoms with van der Waals surface area (Å²) in [6.07, 6.45) is 1.15. The van der Waals surface area contributed by atoms with Gasteiger partial charge in [-0.3, -0.25) is 4.98 Å². The topological polar surface area (TPSA) is 39.9 Å². The predicted octanol–water partition coefficient (Wildman–Crippen LogP) is 3.44. The third kappa shape index (κ3) is 3.22. The first kappa shape index (κ1) is 14.5. The first-order valence-electron chi connectivity index (χ1n) is 6.66. The third-order valence-electron chi connectivity index (χ3n) is 3.37. The highest BCUT2D eigenvalue weighted by Crippen LogP contribution is 2.24. The van der Waals surface area contributed by atoms with E-state index >= 15 is 0 Å². The van der Waals surface area contributed by atoms with E-state index in [1.165, 1.54) is 0 Å². The Morgan fingerprint density at radius 3 is 2.56 bits per heavy atom. The van der Waals surface area contributed by atoms with Crippen LogP contribution in [0.4, 0.5) is 5.69 Å². The van der Waals surface area contributed by atoms with Gasteiger partial charge in [-0.25, -0.2) is 0 Å². The lowest BCUT2D eigenvalue weighted by molar-refractivity contribution is 0.547. The lowest BCUT2D eigenvalue weighted by atomic mass is 10.1. The Balaban J connectivity index is 3.16. The minimum atomic E-state index is 0.630. The van der Waals surface area contributed by atoms with Gasteiger partial charge in [-0.15, -0.1) is 0 Å². The normalized spacial score (nSPS) is 12.0. The standard InChI is InChI=1S/C15H23N3/c1-6-11(3)10-18(7-2)15-8-12(4)17-13(5)14(15)9-16/h8,11H,6-7,10H2,1-5H3. The molecule has 0 fully saturated rings. The summed E-state index contributed by atoms with van der Waals surface area (Å²) in [5.74, 6) is 0.630. The van der Waals surface area contributed by atoms with Crippen LogP contribution in [0, 0.1) is 31.1 Å². The van der Waals surface area contributed by atoms with E-state index in [1.807, 2.05) is 19.9 Å². The maximum Gasteiger partial charge on any atom is 0.103 e. The average molecular weight is 245 g/mol. The molecule has 0 aliphatic carbocycles. The first-order chi connectivity index (χ1) is 8.53. The van der Waals surface area contributed by atoms with Crippen molar-refractivity contribution in [3.05, 3.63) is 23.0 Å². The SMILES string of the molecule is CCC(C)CN(CC)c1cc(C)nc(C)c1C#N. The Bertz CT molecular complexity index is 446. The van der Waals surface area contributed by atoms with Gasteiger partial charge in [0.15, 0.2) is 0 Å². The molecule has 1 unspecified atom stereocenters. The number of hydrogen-bond acceptors (Lipinski definition) is 3. The zero-order chi connectivity index (χ0) is 13.7. The second-order valence-electron chi connectivity index (χ2n) is 4.91. The van der Waals surface area contributed by atoms with Crippen LogP contribution in [-0.2, 0) is 0 Å². The summed E-state index contributed by atoms with van der Waals surface area (Å²) >= 11 is 0. The summed E-state index contributed by atoms with van der Waals surface area (Å²) in [7, 11) is 0. The lowest BCUT2D eigenvalue weighted by Crippen LogP contribution is -2.29. The number of hydrogen-bond donors (Lipinski definition) is 0. The van der Waals surface area contributed by atoms with Crippen molar-refractivity contribution >= 4 is 5.69 Å². The van der Waals surface area contributed by atoms with Crippen LogP contribution in [0.25, 0.3) is 0 Å². The summed E-state index contributed by atoms with van der Waals surface area (Å²) in [6, 6.07) is 4.32. The van der Waals surface area contributed by atoms with Gasteiger partial charge in [0.1, 0.15) is 6.07 Å². The van der Waals surface area contributed by atoms with Gasteiger partial charge in [0.05, 0.1) is 16.9 Å². The van der Waals surface area contributed by atoms with Crippen LogP contribution in [0.5, 0.6) is 0 Å². The van der Waals surface area contributed by atoms with E-state index in [4.69, 9.17) is 0 Å². The molecule has 0 N–H and O–H groups in total. The van der Waals surface area contributed by atoms with Gasteiger partial charge in [0.25, 0.3) is 0 Å². The van der Waals surface area contributed by atoms with E-state index in [2.05, 4.69) is 36.7 Å². The van der Waals surface area contributed by atoms with Crippen LogP contribution < -0.4 is 4.90 Å². The van der Waals surface area contributed by atoms with Crippen molar-refractivity contribution in [1.29, 1.82) is 5.26 Å². The summed E-state index contributed by atoms with van der Waals surface area (Å²) in [5.41, 5.74) is 3.55. The van der Waals surface area contributed by atoms with Crippen LogP contribution >= 0.6 is 0 Å². The average Bonchev–Trinajstić information content (AvgIpc) is 2.34. The summed E-state index contributed by atoms with van der Waals surface area (Å²) in [4.78, 5) is 6.66. The molecule has 0 radical (unpaired) electrons. The third-order valence-corrected chi connectivity index (χ3v) is 3.37. The summed E-state index contributed by atoms with van der Waals surface area (Å²) in [5, 5.41) is 9.31. The highest BCUT2D eigenvalue weighted by molar-refractivity contribution is 5.61. The molecule has 1 atom stereocenters. The van der Waals surface area contributed by atoms with Gasteiger partial charge in [-0.1, -0.05) is 20.3 Å². The molecule has 18 heavy (non-hydrogen) atoms. The fraction of sp³-hybridized carbons (Fsp3) is 0.600. The molecular formula is C15H23N3. The molecule has 1 aromatic heterocycles. The van der Waals surface area contributed by atoms with Gasteiger partial charge in [0, 0.05) is 18.8 Å². The highest BCUT2D eigenvalue weighted by atomic mass is 15.1. The number of aryl methyl sites for hydroxylation is 2. The number of anilines is 1. The Morgan fingerprint density at radius 2 is 2.06 bits per heavy atom. The minimum absolute atomic E-state index is 0.630. The second kappa shape index (κ2) is 6.39. The van der Waals surface area contributed by atoms with Crippen molar-refractivity contribution in [1.82, 2.24) is 4.98 Å². The fourth-order valence-corrected chi connectivity index (χ4v) is 2.10. The molecule has 0 amide bonds. The zero-order valence-corrected chi connectivity index (χ0v) is 12.1. The van der Waals surface area contributed by atoms with Gasteiger partial charge in [0.2, 0.25) is 0 Å². The van der Waals surface area contributed by atoms with E-state index in [0.717, 1.165) is 36.6 Å². The van der Waals surface area contributed by atoms with Crippen molar-refractivity contribution < 1.29 is 0 Å². The number of rotatable bonds is 5. The Kier molecular flexibility index (Phi) is 5.15. The van der Waals surface area contributed by atoms with E-state index in [1.54, 1.807) is 0 Å². The van der Waals surface area contributed by atoms with E-state index < -0.39 is 0 Å². The molecule has 0 saturated carbocycles.